The highest BCUT2D eigenvalue weighted by Crippen LogP contribution is 2.41. The van der Waals surface area contributed by atoms with Crippen LogP contribution in [0.15, 0.2) is 78.6 Å². The van der Waals surface area contributed by atoms with Gasteiger partial charge in [-0.2, -0.15) is 0 Å². The minimum Gasteiger partial charge on any atom is -0.507 e. The number of aromatic nitrogens is 1. The number of amides is 1. The van der Waals surface area contributed by atoms with Crippen LogP contribution in [0.25, 0.3) is 5.76 Å². The summed E-state index contributed by atoms with van der Waals surface area (Å²) >= 11 is 0. The number of carbonyl (C=O) groups is 2. The van der Waals surface area contributed by atoms with Crippen LogP contribution in [-0.2, 0) is 16.1 Å². The van der Waals surface area contributed by atoms with E-state index in [9.17, 15) is 19.1 Å². The van der Waals surface area contributed by atoms with Gasteiger partial charge in [0.1, 0.15) is 11.6 Å². The van der Waals surface area contributed by atoms with Crippen molar-refractivity contribution in [1.29, 1.82) is 0 Å². The number of aliphatic hydroxyl groups is 1. The van der Waals surface area contributed by atoms with Crippen LogP contribution in [0.5, 0.6) is 0 Å². The number of Topliss-reactive ketones (excluding diaryl/α,β-unsaturated/α-hetero) is 1. The number of likely N-dealkylation sites (tertiary alicyclic amines) is 1. The third kappa shape index (κ3) is 3.48. The summed E-state index contributed by atoms with van der Waals surface area (Å²) in [6.07, 6.45) is 3.18. The zero-order valence-corrected chi connectivity index (χ0v) is 16.2. The highest BCUT2D eigenvalue weighted by atomic mass is 19.1. The molecule has 0 radical (unpaired) electrons. The van der Waals surface area contributed by atoms with Crippen LogP contribution in [0, 0.1) is 12.7 Å². The SMILES string of the molecule is Cc1ccc(/C(O)=C2\C(=O)C(=O)N(Cc3cccnc3)C2c2ccccc2F)cc1. The van der Waals surface area contributed by atoms with E-state index in [0.717, 1.165) is 5.56 Å². The molecule has 5 nitrogen and oxygen atoms in total. The van der Waals surface area contributed by atoms with E-state index in [-0.39, 0.29) is 23.4 Å². The number of carbonyl (C=O) groups excluding carboxylic acids is 2. The highest BCUT2D eigenvalue weighted by Gasteiger charge is 2.46. The molecule has 1 aliphatic rings. The molecule has 1 atom stereocenters. The Balaban J connectivity index is 1.88. The van der Waals surface area contributed by atoms with Gasteiger partial charge >= 0.3 is 0 Å². The number of ketones is 1. The molecule has 30 heavy (non-hydrogen) atoms. The Kier molecular flexibility index (Phi) is 5.14. The first-order valence-electron chi connectivity index (χ1n) is 9.46. The molecule has 2 heterocycles. The van der Waals surface area contributed by atoms with Crippen LogP contribution >= 0.6 is 0 Å². The fourth-order valence-corrected chi connectivity index (χ4v) is 3.62. The Hall–Kier alpha value is -3.80. The van der Waals surface area contributed by atoms with Crippen molar-refractivity contribution in [2.24, 2.45) is 0 Å². The van der Waals surface area contributed by atoms with Gasteiger partial charge in [0.25, 0.3) is 11.7 Å². The van der Waals surface area contributed by atoms with Gasteiger partial charge < -0.3 is 10.0 Å². The van der Waals surface area contributed by atoms with Crippen molar-refractivity contribution in [2.45, 2.75) is 19.5 Å². The summed E-state index contributed by atoms with van der Waals surface area (Å²) in [6, 6.07) is 15.3. The topological polar surface area (TPSA) is 70.5 Å². The Morgan fingerprint density at radius 1 is 1.07 bits per heavy atom. The van der Waals surface area contributed by atoms with Crippen LogP contribution < -0.4 is 0 Å². The van der Waals surface area contributed by atoms with Gasteiger partial charge in [0, 0.05) is 30.1 Å². The summed E-state index contributed by atoms with van der Waals surface area (Å²) < 4.78 is 14.7. The smallest absolute Gasteiger partial charge is 0.295 e. The summed E-state index contributed by atoms with van der Waals surface area (Å²) in [5.41, 5.74) is 2.08. The molecule has 0 aliphatic carbocycles. The second kappa shape index (κ2) is 7.91. The van der Waals surface area contributed by atoms with Gasteiger partial charge in [-0.05, 0) is 24.6 Å². The van der Waals surface area contributed by atoms with E-state index in [1.807, 2.05) is 6.92 Å². The predicted molar refractivity (Wildman–Crippen MR) is 110 cm³/mol. The fraction of sp³-hybridized carbons (Fsp3) is 0.125. The Labute approximate surface area is 173 Å². The van der Waals surface area contributed by atoms with Gasteiger partial charge in [0.05, 0.1) is 11.6 Å². The molecule has 4 rings (SSSR count). The number of halogens is 1. The molecule has 0 saturated carbocycles. The zero-order chi connectivity index (χ0) is 21.3. The fourth-order valence-electron chi connectivity index (χ4n) is 3.62. The molecule has 0 bridgehead atoms. The number of benzene rings is 2. The van der Waals surface area contributed by atoms with Crippen molar-refractivity contribution in [3.8, 4) is 0 Å². The summed E-state index contributed by atoms with van der Waals surface area (Å²) in [4.78, 5) is 31.1. The summed E-state index contributed by atoms with van der Waals surface area (Å²) in [7, 11) is 0. The quantitative estimate of drug-likeness (QED) is 0.404. The van der Waals surface area contributed by atoms with Crippen LogP contribution in [0.2, 0.25) is 0 Å². The largest absolute Gasteiger partial charge is 0.507 e. The first-order valence-corrected chi connectivity index (χ1v) is 9.46. The number of aryl methyl sites for hydroxylation is 1. The first kappa shape index (κ1) is 19.5. The van der Waals surface area contributed by atoms with Crippen LogP contribution in [0.1, 0.15) is 28.3 Å². The van der Waals surface area contributed by atoms with E-state index in [1.54, 1.807) is 54.9 Å². The van der Waals surface area contributed by atoms with Gasteiger partial charge in [-0.1, -0.05) is 54.1 Å². The normalized spacial score (nSPS) is 18.1. The summed E-state index contributed by atoms with van der Waals surface area (Å²) in [6.45, 7) is 1.96. The maximum atomic E-state index is 14.7. The average molecular weight is 402 g/mol. The summed E-state index contributed by atoms with van der Waals surface area (Å²) in [5.74, 6) is -2.52. The molecular formula is C24H19FN2O3. The van der Waals surface area contributed by atoms with E-state index >= 15 is 0 Å². The molecule has 1 fully saturated rings. The second-order valence-electron chi connectivity index (χ2n) is 7.18. The van der Waals surface area contributed by atoms with Crippen molar-refractivity contribution >= 4 is 17.4 Å². The molecule has 1 saturated heterocycles. The second-order valence-corrected chi connectivity index (χ2v) is 7.18. The van der Waals surface area contributed by atoms with Gasteiger partial charge in [-0.15, -0.1) is 0 Å². The lowest BCUT2D eigenvalue weighted by molar-refractivity contribution is -0.140. The lowest BCUT2D eigenvalue weighted by Gasteiger charge is -2.25. The molecule has 150 valence electrons. The van der Waals surface area contributed by atoms with Gasteiger partial charge in [0.15, 0.2) is 0 Å². The Morgan fingerprint density at radius 2 is 1.80 bits per heavy atom. The number of hydrogen-bond acceptors (Lipinski definition) is 4. The molecular weight excluding hydrogens is 383 g/mol. The van der Waals surface area contributed by atoms with Gasteiger partial charge in [-0.3, -0.25) is 14.6 Å². The molecule has 1 unspecified atom stereocenters. The van der Waals surface area contributed by atoms with Crippen molar-refractivity contribution in [1.82, 2.24) is 9.88 Å². The molecule has 1 N–H and O–H groups in total. The van der Waals surface area contributed by atoms with Gasteiger partial charge in [0.2, 0.25) is 0 Å². The van der Waals surface area contributed by atoms with E-state index < -0.39 is 23.5 Å². The van der Waals surface area contributed by atoms with E-state index in [4.69, 9.17) is 0 Å². The van der Waals surface area contributed by atoms with E-state index in [0.29, 0.717) is 11.1 Å². The number of aliphatic hydroxyl groups excluding tert-OH is 1. The van der Waals surface area contributed by atoms with Crippen molar-refractivity contribution in [2.75, 3.05) is 0 Å². The molecule has 1 aromatic heterocycles. The minimum absolute atomic E-state index is 0.0576. The zero-order valence-electron chi connectivity index (χ0n) is 16.2. The van der Waals surface area contributed by atoms with Crippen LogP contribution in [0.4, 0.5) is 4.39 Å². The number of rotatable bonds is 4. The highest BCUT2D eigenvalue weighted by molar-refractivity contribution is 6.46. The first-order chi connectivity index (χ1) is 14.5. The third-order valence-corrected chi connectivity index (χ3v) is 5.14. The Morgan fingerprint density at radius 3 is 2.47 bits per heavy atom. The minimum atomic E-state index is -1.05. The molecule has 2 aromatic carbocycles. The van der Waals surface area contributed by atoms with Gasteiger partial charge in [-0.25, -0.2) is 4.39 Å². The number of pyridine rings is 1. The average Bonchev–Trinajstić information content (AvgIpc) is 3.00. The molecule has 3 aromatic rings. The predicted octanol–water partition coefficient (Wildman–Crippen LogP) is 4.15. The van der Waals surface area contributed by atoms with Crippen molar-refractivity contribution in [3.05, 3.63) is 107 Å². The number of nitrogens with zero attached hydrogens (tertiary/aromatic N) is 2. The molecule has 0 spiro atoms. The molecule has 1 aliphatic heterocycles. The maximum Gasteiger partial charge on any atom is 0.295 e. The molecule has 6 heteroatoms. The van der Waals surface area contributed by atoms with E-state index in [2.05, 4.69) is 4.98 Å². The number of hydrogen-bond donors (Lipinski definition) is 1. The van der Waals surface area contributed by atoms with Crippen LogP contribution in [0.3, 0.4) is 0 Å². The van der Waals surface area contributed by atoms with Crippen molar-refractivity contribution < 1.29 is 19.1 Å². The lowest BCUT2D eigenvalue weighted by atomic mass is 9.94. The third-order valence-electron chi connectivity index (χ3n) is 5.14. The lowest BCUT2D eigenvalue weighted by Crippen LogP contribution is -2.29. The maximum absolute atomic E-state index is 14.7. The molecule has 1 amide bonds. The standard InChI is InChI=1S/C24H19FN2O3/c1-15-8-10-17(11-9-15)22(28)20-21(18-6-2-3-7-19(18)25)27(24(30)23(20)29)14-16-5-4-12-26-13-16/h2-13,21,28H,14H2,1H3/b22-20+. The summed E-state index contributed by atoms with van der Waals surface area (Å²) in [5, 5.41) is 11.0. The van der Waals surface area contributed by atoms with Crippen molar-refractivity contribution in [3.63, 3.8) is 0 Å². The van der Waals surface area contributed by atoms with Crippen LogP contribution in [-0.4, -0.2) is 26.7 Å². The monoisotopic (exact) mass is 402 g/mol. The Bertz CT molecular complexity index is 1140. The van der Waals surface area contributed by atoms with E-state index in [1.165, 1.54) is 23.1 Å².